The molecule has 0 aromatic heterocycles. The first-order chi connectivity index (χ1) is 13.9. The molecule has 3 amide bonds. The van der Waals surface area contributed by atoms with E-state index in [1.54, 1.807) is 9.80 Å². The predicted octanol–water partition coefficient (Wildman–Crippen LogP) is 2.11. The molecule has 0 aliphatic carbocycles. The quantitative estimate of drug-likeness (QED) is 0.469. The molecule has 1 fully saturated rings. The standard InChI is InChI=1S/C21H26FN5O2/c1-15-5-3-4-6-19(15)27(21(29)26-11-9-25(2)10-12-26)14-17-8-7-16(13-18(17)22)20(28)24-23/h3-8,13H,9-12,14,23H2,1-2H3,(H,24,28). The van der Waals surface area contributed by atoms with E-state index in [4.69, 9.17) is 5.84 Å². The van der Waals surface area contributed by atoms with Gasteiger partial charge in [0, 0.05) is 43.0 Å². The fraction of sp³-hybridized carbons (Fsp3) is 0.333. The fourth-order valence-corrected chi connectivity index (χ4v) is 3.36. The van der Waals surface area contributed by atoms with Gasteiger partial charge in [-0.1, -0.05) is 24.3 Å². The number of amides is 3. The minimum absolute atomic E-state index is 0.0619. The van der Waals surface area contributed by atoms with Crippen molar-refractivity contribution in [3.8, 4) is 0 Å². The monoisotopic (exact) mass is 399 g/mol. The lowest BCUT2D eigenvalue weighted by Gasteiger charge is -2.36. The number of nitrogens with one attached hydrogen (secondary N) is 1. The molecule has 0 saturated carbocycles. The number of anilines is 1. The number of urea groups is 1. The minimum Gasteiger partial charge on any atom is -0.322 e. The first-order valence-electron chi connectivity index (χ1n) is 9.50. The van der Waals surface area contributed by atoms with Gasteiger partial charge in [-0.3, -0.25) is 15.1 Å². The molecule has 1 aliphatic heterocycles. The Hall–Kier alpha value is -2.97. The number of hydrogen-bond donors (Lipinski definition) is 2. The van der Waals surface area contributed by atoms with E-state index in [-0.39, 0.29) is 18.1 Å². The molecule has 7 nitrogen and oxygen atoms in total. The maximum absolute atomic E-state index is 14.7. The third kappa shape index (κ3) is 4.72. The molecule has 0 spiro atoms. The van der Waals surface area contributed by atoms with Crippen molar-refractivity contribution in [2.24, 2.45) is 5.84 Å². The van der Waals surface area contributed by atoms with Crippen molar-refractivity contribution in [3.63, 3.8) is 0 Å². The molecule has 3 N–H and O–H groups in total. The number of likely N-dealkylation sites (N-methyl/N-ethyl adjacent to an activating group) is 1. The van der Waals surface area contributed by atoms with Crippen LogP contribution < -0.4 is 16.2 Å². The smallest absolute Gasteiger partial charge is 0.322 e. The SMILES string of the molecule is Cc1ccccc1N(Cc1ccc(C(=O)NN)cc1F)C(=O)N1CCN(C)CC1. The highest BCUT2D eigenvalue weighted by Crippen LogP contribution is 2.25. The van der Waals surface area contributed by atoms with Gasteiger partial charge < -0.3 is 9.80 Å². The summed E-state index contributed by atoms with van der Waals surface area (Å²) in [5.74, 6) is 3.98. The van der Waals surface area contributed by atoms with Crippen LogP contribution in [0.2, 0.25) is 0 Å². The van der Waals surface area contributed by atoms with Crippen LogP contribution in [-0.2, 0) is 6.54 Å². The summed E-state index contributed by atoms with van der Waals surface area (Å²) in [7, 11) is 2.02. The van der Waals surface area contributed by atoms with Gasteiger partial charge in [-0.25, -0.2) is 15.0 Å². The second kappa shape index (κ2) is 9.02. The maximum atomic E-state index is 14.7. The molecular weight excluding hydrogens is 373 g/mol. The lowest BCUT2D eigenvalue weighted by atomic mass is 10.1. The normalized spacial score (nSPS) is 14.6. The Bertz CT molecular complexity index is 896. The Morgan fingerprint density at radius 1 is 1.14 bits per heavy atom. The highest BCUT2D eigenvalue weighted by atomic mass is 19.1. The van der Waals surface area contributed by atoms with Gasteiger partial charge in [0.2, 0.25) is 0 Å². The lowest BCUT2D eigenvalue weighted by molar-refractivity contribution is 0.0953. The van der Waals surface area contributed by atoms with E-state index in [9.17, 15) is 14.0 Å². The number of carbonyl (C=O) groups is 2. The molecule has 8 heteroatoms. The average molecular weight is 399 g/mol. The summed E-state index contributed by atoms with van der Waals surface area (Å²) < 4.78 is 14.7. The molecule has 0 atom stereocenters. The van der Waals surface area contributed by atoms with Crippen LogP contribution in [0, 0.1) is 12.7 Å². The molecule has 3 rings (SSSR count). The molecule has 29 heavy (non-hydrogen) atoms. The second-order valence-electron chi connectivity index (χ2n) is 7.23. The molecule has 0 unspecified atom stereocenters. The van der Waals surface area contributed by atoms with Crippen molar-refractivity contribution in [2.75, 3.05) is 38.1 Å². The molecule has 0 radical (unpaired) electrons. The number of hydrazine groups is 1. The van der Waals surface area contributed by atoms with Gasteiger partial charge in [0.1, 0.15) is 5.82 Å². The predicted molar refractivity (Wildman–Crippen MR) is 110 cm³/mol. The average Bonchev–Trinajstić information content (AvgIpc) is 2.73. The topological polar surface area (TPSA) is 81.9 Å². The summed E-state index contributed by atoms with van der Waals surface area (Å²) in [5, 5.41) is 0. The minimum atomic E-state index is -0.570. The molecule has 154 valence electrons. The number of piperazine rings is 1. The summed E-state index contributed by atoms with van der Waals surface area (Å²) in [6, 6.07) is 11.5. The first kappa shape index (κ1) is 20.8. The van der Waals surface area contributed by atoms with Crippen molar-refractivity contribution in [1.82, 2.24) is 15.2 Å². The number of halogens is 1. The van der Waals surface area contributed by atoms with Crippen molar-refractivity contribution < 1.29 is 14.0 Å². The van der Waals surface area contributed by atoms with Crippen LogP contribution in [-0.4, -0.2) is 55.0 Å². The highest BCUT2D eigenvalue weighted by Gasteiger charge is 2.27. The zero-order valence-electron chi connectivity index (χ0n) is 16.7. The van der Waals surface area contributed by atoms with E-state index < -0.39 is 11.7 Å². The molecule has 2 aromatic rings. The molecule has 0 bridgehead atoms. The Morgan fingerprint density at radius 3 is 2.45 bits per heavy atom. The van der Waals surface area contributed by atoms with Crippen molar-refractivity contribution in [1.29, 1.82) is 0 Å². The van der Waals surface area contributed by atoms with Crippen molar-refractivity contribution in [2.45, 2.75) is 13.5 Å². The molecule has 2 aromatic carbocycles. The number of rotatable bonds is 4. The van der Waals surface area contributed by atoms with E-state index in [1.807, 2.05) is 43.7 Å². The number of hydrogen-bond acceptors (Lipinski definition) is 4. The number of carbonyl (C=O) groups excluding carboxylic acids is 2. The number of nitrogens with zero attached hydrogens (tertiary/aromatic N) is 3. The highest BCUT2D eigenvalue weighted by molar-refractivity contribution is 5.94. The maximum Gasteiger partial charge on any atom is 0.324 e. The number of nitrogens with two attached hydrogens (primary N) is 1. The van der Waals surface area contributed by atoms with E-state index in [0.29, 0.717) is 18.7 Å². The third-order valence-corrected chi connectivity index (χ3v) is 5.19. The van der Waals surface area contributed by atoms with Crippen molar-refractivity contribution in [3.05, 3.63) is 65.0 Å². The van der Waals surface area contributed by atoms with Crippen LogP contribution in [0.1, 0.15) is 21.5 Å². The number of para-hydroxylation sites is 1. The van der Waals surface area contributed by atoms with E-state index >= 15 is 0 Å². The second-order valence-corrected chi connectivity index (χ2v) is 7.23. The fourth-order valence-electron chi connectivity index (χ4n) is 3.36. The number of benzene rings is 2. The van der Waals surface area contributed by atoms with Crippen LogP contribution >= 0.6 is 0 Å². The van der Waals surface area contributed by atoms with Crippen LogP contribution in [0.15, 0.2) is 42.5 Å². The number of nitrogen functional groups attached to an aromatic ring is 1. The summed E-state index contributed by atoms with van der Waals surface area (Å²) in [5.41, 5.74) is 4.10. The summed E-state index contributed by atoms with van der Waals surface area (Å²) in [4.78, 5) is 30.5. The first-order valence-corrected chi connectivity index (χ1v) is 9.50. The zero-order valence-corrected chi connectivity index (χ0v) is 16.7. The van der Waals surface area contributed by atoms with E-state index in [0.717, 1.165) is 30.4 Å². The largest absolute Gasteiger partial charge is 0.324 e. The zero-order chi connectivity index (χ0) is 21.0. The van der Waals surface area contributed by atoms with Gasteiger partial charge in [-0.2, -0.15) is 0 Å². The Kier molecular flexibility index (Phi) is 6.46. The molecule has 1 saturated heterocycles. The van der Waals surface area contributed by atoms with Gasteiger partial charge in [-0.15, -0.1) is 0 Å². The van der Waals surface area contributed by atoms with Gasteiger partial charge in [0.25, 0.3) is 5.91 Å². The van der Waals surface area contributed by atoms with Gasteiger partial charge >= 0.3 is 6.03 Å². The van der Waals surface area contributed by atoms with Crippen LogP contribution in [0.25, 0.3) is 0 Å². The lowest BCUT2D eigenvalue weighted by Crippen LogP contribution is -2.52. The van der Waals surface area contributed by atoms with Gasteiger partial charge in [0.15, 0.2) is 0 Å². The Balaban J connectivity index is 1.91. The molecular formula is C21H26FN5O2. The van der Waals surface area contributed by atoms with Crippen LogP contribution in [0.5, 0.6) is 0 Å². The van der Waals surface area contributed by atoms with E-state index in [2.05, 4.69) is 4.90 Å². The number of aryl methyl sites for hydroxylation is 1. The molecule has 1 heterocycles. The van der Waals surface area contributed by atoms with Crippen LogP contribution in [0.3, 0.4) is 0 Å². The van der Waals surface area contributed by atoms with Crippen LogP contribution in [0.4, 0.5) is 14.9 Å². The van der Waals surface area contributed by atoms with Gasteiger partial charge in [-0.05, 0) is 37.7 Å². The Morgan fingerprint density at radius 2 is 1.83 bits per heavy atom. The van der Waals surface area contributed by atoms with Gasteiger partial charge in [0.05, 0.1) is 6.54 Å². The Labute approximate surface area is 169 Å². The summed E-state index contributed by atoms with van der Waals surface area (Å²) in [6.07, 6.45) is 0. The summed E-state index contributed by atoms with van der Waals surface area (Å²) in [6.45, 7) is 4.82. The van der Waals surface area contributed by atoms with Crippen molar-refractivity contribution >= 4 is 17.6 Å². The van der Waals surface area contributed by atoms with E-state index in [1.165, 1.54) is 12.1 Å². The summed E-state index contributed by atoms with van der Waals surface area (Å²) >= 11 is 0. The third-order valence-electron chi connectivity index (χ3n) is 5.19. The molecule has 1 aliphatic rings.